The molecule has 90 valence electrons. The second-order valence-corrected chi connectivity index (χ2v) is 5.23. The Labute approximate surface area is 111 Å². The predicted molar refractivity (Wildman–Crippen MR) is 73.3 cm³/mol. The smallest absolute Gasteiger partial charge is 0.107 e. The monoisotopic (exact) mass is 266 g/mol. The van der Waals surface area contributed by atoms with Crippen LogP contribution in [0.15, 0.2) is 35.7 Å². The number of nitrogens with zero attached hydrogens (tertiary/aromatic N) is 2. The van der Waals surface area contributed by atoms with Crippen molar-refractivity contribution in [3.8, 4) is 0 Å². The molecule has 2 aromatic rings. The van der Waals surface area contributed by atoms with Gasteiger partial charge in [0.05, 0.1) is 18.1 Å². The van der Waals surface area contributed by atoms with Crippen LogP contribution in [0.25, 0.3) is 0 Å². The molecule has 2 nitrogen and oxygen atoms in total. The lowest BCUT2D eigenvalue weighted by Gasteiger charge is -2.14. The highest BCUT2D eigenvalue weighted by Gasteiger charge is 2.05. The quantitative estimate of drug-likeness (QED) is 0.770. The molecule has 17 heavy (non-hydrogen) atoms. The van der Waals surface area contributed by atoms with Crippen LogP contribution >= 0.6 is 22.9 Å². The van der Waals surface area contributed by atoms with Crippen molar-refractivity contribution in [3.63, 3.8) is 0 Å². The zero-order chi connectivity index (χ0) is 12.1. The van der Waals surface area contributed by atoms with Crippen molar-refractivity contribution in [2.45, 2.75) is 19.0 Å². The van der Waals surface area contributed by atoms with Gasteiger partial charge in [-0.2, -0.15) is 0 Å². The zero-order valence-electron chi connectivity index (χ0n) is 9.77. The van der Waals surface area contributed by atoms with Crippen molar-refractivity contribution in [2.75, 3.05) is 7.05 Å². The summed E-state index contributed by atoms with van der Waals surface area (Å²) in [6.07, 6.45) is 0. The Kier molecular flexibility index (Phi) is 4.54. The van der Waals surface area contributed by atoms with Gasteiger partial charge < -0.3 is 0 Å². The first kappa shape index (κ1) is 12.6. The number of hydrogen-bond donors (Lipinski definition) is 0. The fourth-order valence-corrected chi connectivity index (χ4v) is 2.77. The van der Waals surface area contributed by atoms with Crippen LogP contribution in [0.2, 0.25) is 0 Å². The summed E-state index contributed by atoms with van der Waals surface area (Å²) in [4.78, 5) is 6.71. The van der Waals surface area contributed by atoms with Gasteiger partial charge in [0.25, 0.3) is 0 Å². The highest BCUT2D eigenvalue weighted by atomic mass is 35.5. The van der Waals surface area contributed by atoms with Gasteiger partial charge in [0.1, 0.15) is 5.01 Å². The van der Waals surface area contributed by atoms with Crippen molar-refractivity contribution in [2.24, 2.45) is 0 Å². The minimum absolute atomic E-state index is 0.499. The summed E-state index contributed by atoms with van der Waals surface area (Å²) in [6.45, 7) is 1.81. The topological polar surface area (TPSA) is 16.1 Å². The van der Waals surface area contributed by atoms with E-state index in [0.29, 0.717) is 5.88 Å². The van der Waals surface area contributed by atoms with Crippen LogP contribution in [-0.2, 0) is 19.0 Å². The molecule has 1 heterocycles. The molecule has 2 rings (SSSR count). The predicted octanol–water partition coefficient (Wildman–Crippen LogP) is 3.51. The van der Waals surface area contributed by atoms with E-state index in [1.54, 1.807) is 11.3 Å². The number of halogens is 1. The Hall–Kier alpha value is -0.900. The number of alkyl halides is 1. The average molecular weight is 267 g/mol. The third kappa shape index (κ3) is 3.80. The number of hydrogen-bond acceptors (Lipinski definition) is 3. The van der Waals surface area contributed by atoms with Gasteiger partial charge in [-0.25, -0.2) is 4.98 Å². The minimum Gasteiger partial charge on any atom is -0.295 e. The highest BCUT2D eigenvalue weighted by molar-refractivity contribution is 7.09. The molecular weight excluding hydrogens is 252 g/mol. The maximum Gasteiger partial charge on any atom is 0.107 e. The summed E-state index contributed by atoms with van der Waals surface area (Å²) in [6, 6.07) is 10.5. The highest BCUT2D eigenvalue weighted by Crippen LogP contribution is 2.14. The van der Waals surface area contributed by atoms with Gasteiger partial charge in [-0.15, -0.1) is 22.9 Å². The van der Waals surface area contributed by atoms with Gasteiger partial charge in [-0.3, -0.25) is 4.90 Å². The van der Waals surface area contributed by atoms with Crippen LogP contribution in [0.4, 0.5) is 0 Å². The molecule has 0 radical (unpaired) electrons. The number of thiazole rings is 1. The lowest BCUT2D eigenvalue weighted by Crippen LogP contribution is -2.17. The summed E-state index contributed by atoms with van der Waals surface area (Å²) < 4.78 is 0. The fraction of sp³-hybridized carbons (Fsp3) is 0.308. The molecule has 0 aliphatic rings. The third-order valence-electron chi connectivity index (χ3n) is 2.44. The SMILES string of the molecule is CN(Cc1ccccc1)Cc1nc(CCl)cs1. The maximum absolute atomic E-state index is 5.74. The van der Waals surface area contributed by atoms with Gasteiger partial charge in [-0.1, -0.05) is 30.3 Å². The van der Waals surface area contributed by atoms with E-state index in [9.17, 15) is 0 Å². The van der Waals surface area contributed by atoms with Crippen molar-refractivity contribution < 1.29 is 0 Å². The van der Waals surface area contributed by atoms with Crippen LogP contribution in [0.5, 0.6) is 0 Å². The van der Waals surface area contributed by atoms with Gasteiger partial charge in [-0.05, 0) is 12.6 Å². The first-order chi connectivity index (χ1) is 8.28. The van der Waals surface area contributed by atoms with E-state index >= 15 is 0 Å². The van der Waals surface area contributed by atoms with E-state index < -0.39 is 0 Å². The molecule has 1 aromatic carbocycles. The second-order valence-electron chi connectivity index (χ2n) is 4.02. The first-order valence-electron chi connectivity index (χ1n) is 5.49. The van der Waals surface area contributed by atoms with Crippen molar-refractivity contribution in [1.82, 2.24) is 9.88 Å². The van der Waals surface area contributed by atoms with Crippen LogP contribution in [0, 0.1) is 0 Å². The Bertz CT molecular complexity index is 455. The van der Waals surface area contributed by atoms with E-state index in [-0.39, 0.29) is 0 Å². The summed E-state index contributed by atoms with van der Waals surface area (Å²) in [5.41, 5.74) is 2.30. The Morgan fingerprint density at radius 1 is 1.24 bits per heavy atom. The molecular formula is C13H15ClN2S. The molecule has 0 saturated heterocycles. The Balaban J connectivity index is 1.91. The van der Waals surface area contributed by atoms with E-state index in [0.717, 1.165) is 23.8 Å². The largest absolute Gasteiger partial charge is 0.295 e. The zero-order valence-corrected chi connectivity index (χ0v) is 11.3. The minimum atomic E-state index is 0.499. The number of rotatable bonds is 5. The molecule has 0 bridgehead atoms. The first-order valence-corrected chi connectivity index (χ1v) is 6.91. The summed E-state index contributed by atoms with van der Waals surface area (Å²) in [5, 5.41) is 3.15. The normalized spacial score (nSPS) is 11.0. The average Bonchev–Trinajstić information content (AvgIpc) is 2.78. The van der Waals surface area contributed by atoms with Crippen LogP contribution < -0.4 is 0 Å². The van der Waals surface area contributed by atoms with Gasteiger partial charge in [0.2, 0.25) is 0 Å². The van der Waals surface area contributed by atoms with Gasteiger partial charge in [0, 0.05) is 11.9 Å². The molecule has 0 N–H and O–H groups in total. The van der Waals surface area contributed by atoms with Crippen molar-refractivity contribution in [3.05, 3.63) is 52.0 Å². The third-order valence-corrected chi connectivity index (χ3v) is 3.59. The Morgan fingerprint density at radius 2 is 2.00 bits per heavy atom. The molecule has 0 spiro atoms. The molecule has 0 aliphatic heterocycles. The lowest BCUT2D eigenvalue weighted by atomic mass is 10.2. The molecule has 0 amide bonds. The Morgan fingerprint density at radius 3 is 2.65 bits per heavy atom. The molecule has 0 atom stereocenters. The molecule has 0 saturated carbocycles. The summed E-state index contributed by atoms with van der Waals surface area (Å²) in [7, 11) is 2.11. The number of aromatic nitrogens is 1. The van der Waals surface area contributed by atoms with Crippen LogP contribution in [0.3, 0.4) is 0 Å². The van der Waals surface area contributed by atoms with E-state index in [1.165, 1.54) is 5.56 Å². The molecule has 0 aliphatic carbocycles. The lowest BCUT2D eigenvalue weighted by molar-refractivity contribution is 0.318. The standard InChI is InChI=1S/C13H15ClN2S/c1-16(8-11-5-3-2-4-6-11)9-13-15-12(7-14)10-17-13/h2-6,10H,7-9H2,1H3. The van der Waals surface area contributed by atoms with E-state index in [1.807, 2.05) is 11.4 Å². The molecule has 4 heteroatoms. The van der Waals surface area contributed by atoms with Crippen molar-refractivity contribution in [1.29, 1.82) is 0 Å². The number of benzene rings is 1. The van der Waals surface area contributed by atoms with Crippen LogP contribution in [-0.4, -0.2) is 16.9 Å². The summed E-state index contributed by atoms with van der Waals surface area (Å²) in [5.74, 6) is 0.499. The van der Waals surface area contributed by atoms with Crippen LogP contribution in [0.1, 0.15) is 16.3 Å². The van der Waals surface area contributed by atoms with E-state index in [4.69, 9.17) is 11.6 Å². The fourth-order valence-electron chi connectivity index (χ4n) is 1.66. The second kappa shape index (κ2) is 6.15. The van der Waals surface area contributed by atoms with Gasteiger partial charge >= 0.3 is 0 Å². The molecule has 0 fully saturated rings. The van der Waals surface area contributed by atoms with Gasteiger partial charge in [0.15, 0.2) is 0 Å². The van der Waals surface area contributed by atoms with Crippen molar-refractivity contribution >= 4 is 22.9 Å². The van der Waals surface area contributed by atoms with E-state index in [2.05, 4.69) is 41.2 Å². The molecule has 1 aromatic heterocycles. The summed E-state index contributed by atoms with van der Waals surface area (Å²) >= 11 is 7.41. The maximum atomic E-state index is 5.74. The molecule has 0 unspecified atom stereocenters.